The summed E-state index contributed by atoms with van der Waals surface area (Å²) in [7, 11) is 0. The number of hydrogen-bond acceptors (Lipinski definition) is 6. The van der Waals surface area contributed by atoms with Crippen molar-refractivity contribution in [2.24, 2.45) is 0 Å². The maximum Gasteiger partial charge on any atom is 0.270 e. The summed E-state index contributed by atoms with van der Waals surface area (Å²) in [5.41, 5.74) is 3.29. The molecule has 0 unspecified atom stereocenters. The van der Waals surface area contributed by atoms with Gasteiger partial charge in [0.15, 0.2) is 5.13 Å². The average molecular weight is 436 g/mol. The molecule has 1 aliphatic heterocycles. The van der Waals surface area contributed by atoms with Gasteiger partial charge in [-0.1, -0.05) is 35.1 Å². The van der Waals surface area contributed by atoms with Crippen molar-refractivity contribution in [2.75, 3.05) is 44.3 Å². The molecule has 0 saturated carbocycles. The second-order valence-electron chi connectivity index (χ2n) is 6.89. The number of aromatic nitrogens is 1. The molecule has 0 radical (unpaired) electrons. The van der Waals surface area contributed by atoms with E-state index in [4.69, 9.17) is 21.3 Å². The van der Waals surface area contributed by atoms with E-state index >= 15 is 0 Å². The quantitative estimate of drug-likeness (QED) is 0.587. The van der Waals surface area contributed by atoms with E-state index in [2.05, 4.69) is 30.9 Å². The summed E-state index contributed by atoms with van der Waals surface area (Å²) in [5.74, 6) is -0.0421. The zero-order chi connectivity index (χ0) is 19.7. The number of nitrogens with zero attached hydrogens (tertiary/aromatic N) is 3. The highest BCUT2D eigenvalue weighted by molar-refractivity contribution is 7.22. The Labute approximate surface area is 177 Å². The van der Waals surface area contributed by atoms with Crippen LogP contribution in [0.1, 0.15) is 20.8 Å². The van der Waals surface area contributed by atoms with Crippen molar-refractivity contribution < 1.29 is 9.53 Å². The normalized spacial score (nSPS) is 15.2. The molecule has 3 heterocycles. The highest BCUT2D eigenvalue weighted by atomic mass is 35.5. The molecule has 3 aromatic rings. The van der Waals surface area contributed by atoms with Crippen LogP contribution < -0.4 is 4.90 Å². The van der Waals surface area contributed by atoms with Crippen LogP contribution >= 0.6 is 34.3 Å². The molecule has 5 nitrogen and oxygen atoms in total. The number of thiophene rings is 1. The molecule has 2 aromatic heterocycles. The van der Waals surface area contributed by atoms with Gasteiger partial charge in [-0.25, -0.2) is 4.98 Å². The van der Waals surface area contributed by atoms with Gasteiger partial charge in [-0.05, 0) is 37.1 Å². The van der Waals surface area contributed by atoms with Crippen molar-refractivity contribution in [3.63, 3.8) is 0 Å². The minimum absolute atomic E-state index is 0.0421. The first-order chi connectivity index (χ1) is 13.5. The molecule has 0 atom stereocenters. The van der Waals surface area contributed by atoms with E-state index in [-0.39, 0.29) is 5.91 Å². The highest BCUT2D eigenvalue weighted by Gasteiger charge is 2.24. The van der Waals surface area contributed by atoms with Crippen LogP contribution in [0.4, 0.5) is 5.13 Å². The number of amides is 1. The summed E-state index contributed by atoms with van der Waals surface area (Å²) >= 11 is 8.97. The van der Waals surface area contributed by atoms with Crippen molar-refractivity contribution in [3.8, 4) is 0 Å². The molecule has 1 saturated heterocycles. The topological polar surface area (TPSA) is 45.7 Å². The first-order valence-electron chi connectivity index (χ1n) is 9.27. The third-order valence-corrected chi connectivity index (χ3v) is 7.37. The van der Waals surface area contributed by atoms with E-state index in [0.717, 1.165) is 53.8 Å². The van der Waals surface area contributed by atoms with Gasteiger partial charge in [0.2, 0.25) is 0 Å². The summed E-state index contributed by atoms with van der Waals surface area (Å²) in [6.07, 6.45) is 0. The third kappa shape index (κ3) is 4.09. The molecule has 0 bridgehead atoms. The van der Waals surface area contributed by atoms with E-state index in [1.165, 1.54) is 16.9 Å². The Kier molecular flexibility index (Phi) is 5.99. The van der Waals surface area contributed by atoms with Crippen LogP contribution in [0.25, 0.3) is 10.2 Å². The predicted octanol–water partition coefficient (Wildman–Crippen LogP) is 4.61. The Morgan fingerprint density at radius 3 is 2.61 bits per heavy atom. The van der Waals surface area contributed by atoms with Gasteiger partial charge in [-0.3, -0.25) is 14.6 Å². The molecule has 1 amide bonds. The van der Waals surface area contributed by atoms with Gasteiger partial charge >= 0.3 is 0 Å². The molecule has 4 rings (SSSR count). The fourth-order valence-electron chi connectivity index (χ4n) is 3.28. The van der Waals surface area contributed by atoms with Gasteiger partial charge in [-0.15, -0.1) is 11.3 Å². The summed E-state index contributed by atoms with van der Waals surface area (Å²) in [4.78, 5) is 22.9. The Morgan fingerprint density at radius 2 is 1.93 bits per heavy atom. The molecule has 1 fully saturated rings. The number of anilines is 1. The zero-order valence-corrected chi connectivity index (χ0v) is 18.3. The molecule has 148 valence electrons. The summed E-state index contributed by atoms with van der Waals surface area (Å²) in [6.45, 7) is 8.80. The minimum Gasteiger partial charge on any atom is -0.379 e. The molecule has 0 N–H and O–H groups in total. The van der Waals surface area contributed by atoms with Gasteiger partial charge < -0.3 is 4.74 Å². The van der Waals surface area contributed by atoms with Crippen molar-refractivity contribution in [1.82, 2.24) is 9.88 Å². The number of fused-ring (bicyclic) bond motifs is 1. The smallest absolute Gasteiger partial charge is 0.270 e. The van der Waals surface area contributed by atoms with Crippen LogP contribution in [0.3, 0.4) is 0 Å². The number of thiazole rings is 1. The van der Waals surface area contributed by atoms with E-state index in [0.29, 0.717) is 15.8 Å². The number of carbonyl (C=O) groups excluding carboxylic acids is 1. The lowest BCUT2D eigenvalue weighted by atomic mass is 10.1. The number of aryl methyl sites for hydroxylation is 2. The fourth-order valence-corrected chi connectivity index (χ4v) is 5.40. The standard InChI is InChI=1S/C20H22ClN3O2S2/c1-13-3-4-14(2)18-17(13)22-20(28-18)24(8-7-23-9-11-26-12-10-23)19(25)15-5-6-16(21)27-15/h3-6H,7-12H2,1-2H3. The SMILES string of the molecule is Cc1ccc(C)c2sc(N(CCN3CCOCC3)C(=O)c3ccc(Cl)s3)nc12. The number of ether oxygens (including phenoxy) is 1. The molecule has 0 aliphatic carbocycles. The van der Waals surface area contributed by atoms with Crippen LogP contribution in [0.5, 0.6) is 0 Å². The zero-order valence-electron chi connectivity index (χ0n) is 15.9. The number of benzene rings is 1. The van der Waals surface area contributed by atoms with Gasteiger partial charge in [0.25, 0.3) is 5.91 Å². The lowest BCUT2D eigenvalue weighted by Crippen LogP contribution is -2.43. The largest absolute Gasteiger partial charge is 0.379 e. The Hall–Kier alpha value is -1.51. The molecular weight excluding hydrogens is 414 g/mol. The van der Waals surface area contributed by atoms with Crippen molar-refractivity contribution in [1.29, 1.82) is 0 Å². The van der Waals surface area contributed by atoms with Crippen molar-refractivity contribution in [3.05, 3.63) is 44.6 Å². The second kappa shape index (κ2) is 8.47. The Balaban J connectivity index is 1.66. The van der Waals surface area contributed by atoms with Crippen LogP contribution in [-0.4, -0.2) is 55.2 Å². The lowest BCUT2D eigenvalue weighted by Gasteiger charge is -2.29. The van der Waals surface area contributed by atoms with Crippen LogP contribution in [0, 0.1) is 13.8 Å². The Morgan fingerprint density at radius 1 is 1.18 bits per heavy atom. The second-order valence-corrected chi connectivity index (χ2v) is 9.58. The van der Waals surface area contributed by atoms with E-state index < -0.39 is 0 Å². The maximum absolute atomic E-state index is 13.3. The number of carbonyl (C=O) groups is 1. The summed E-state index contributed by atoms with van der Waals surface area (Å²) in [5, 5.41) is 0.746. The van der Waals surface area contributed by atoms with Crippen LogP contribution in [-0.2, 0) is 4.74 Å². The number of morpholine rings is 1. The summed E-state index contributed by atoms with van der Waals surface area (Å²) < 4.78 is 7.19. The molecule has 0 spiro atoms. The lowest BCUT2D eigenvalue weighted by molar-refractivity contribution is 0.0391. The van der Waals surface area contributed by atoms with Gasteiger partial charge in [-0.2, -0.15) is 0 Å². The minimum atomic E-state index is -0.0421. The fraction of sp³-hybridized carbons (Fsp3) is 0.400. The maximum atomic E-state index is 13.3. The number of rotatable bonds is 5. The molecule has 28 heavy (non-hydrogen) atoms. The van der Waals surface area contributed by atoms with Crippen LogP contribution in [0.15, 0.2) is 24.3 Å². The summed E-state index contributed by atoms with van der Waals surface area (Å²) in [6, 6.07) is 7.76. The van der Waals surface area contributed by atoms with Gasteiger partial charge in [0, 0.05) is 26.2 Å². The first kappa shape index (κ1) is 19.8. The molecule has 8 heteroatoms. The first-order valence-corrected chi connectivity index (χ1v) is 11.3. The third-order valence-electron chi connectivity index (χ3n) is 4.93. The van der Waals surface area contributed by atoms with E-state index in [1.807, 2.05) is 0 Å². The molecular formula is C20H22ClN3O2S2. The molecule has 1 aliphatic rings. The monoisotopic (exact) mass is 435 g/mol. The number of halogens is 1. The highest BCUT2D eigenvalue weighted by Crippen LogP contribution is 2.34. The Bertz CT molecular complexity index is 956. The van der Waals surface area contributed by atoms with E-state index in [9.17, 15) is 4.79 Å². The van der Waals surface area contributed by atoms with Crippen molar-refractivity contribution >= 4 is 55.5 Å². The predicted molar refractivity (Wildman–Crippen MR) is 117 cm³/mol. The van der Waals surface area contributed by atoms with E-state index in [1.54, 1.807) is 28.4 Å². The molecule has 1 aromatic carbocycles. The average Bonchev–Trinajstić information content (AvgIpc) is 3.33. The number of hydrogen-bond donors (Lipinski definition) is 0. The van der Waals surface area contributed by atoms with Gasteiger partial charge in [0.05, 0.1) is 32.6 Å². The van der Waals surface area contributed by atoms with Gasteiger partial charge in [0.1, 0.15) is 0 Å². The van der Waals surface area contributed by atoms with Crippen LogP contribution in [0.2, 0.25) is 4.34 Å². The van der Waals surface area contributed by atoms with Crippen molar-refractivity contribution in [2.45, 2.75) is 13.8 Å².